The minimum Gasteiger partial charge on any atom is -0.409 e. The normalized spacial score (nSPS) is 15.2. The van der Waals surface area contributed by atoms with Crippen LogP contribution in [0.2, 0.25) is 13.1 Å². The highest BCUT2D eigenvalue weighted by molar-refractivity contribution is 8.13. The van der Waals surface area contributed by atoms with Crippen LogP contribution in [0.5, 0.6) is 0 Å². The zero-order valence-electron chi connectivity index (χ0n) is 13.3. The number of carbonyl (C=O) groups excluding carboxylic acids is 1. The first kappa shape index (κ1) is 17.5. The van der Waals surface area contributed by atoms with Gasteiger partial charge >= 0.3 is 0 Å². The number of hydrogen-bond acceptors (Lipinski definition) is 3. The van der Waals surface area contributed by atoms with Crippen molar-refractivity contribution in [2.75, 3.05) is 0 Å². The van der Waals surface area contributed by atoms with Crippen molar-refractivity contribution in [3.8, 4) is 0 Å². The van der Waals surface area contributed by atoms with E-state index < -0.39 is 9.04 Å². The summed E-state index contributed by atoms with van der Waals surface area (Å²) in [6, 6.07) is 9.80. The molecule has 0 saturated carbocycles. The average molecular weight is 311 g/mol. The average Bonchev–Trinajstić information content (AvgIpc) is 2.35. The van der Waals surface area contributed by atoms with Crippen LogP contribution in [0.3, 0.4) is 0 Å². The molecule has 0 spiro atoms. The van der Waals surface area contributed by atoms with E-state index in [1.807, 2.05) is 30.3 Å². The summed E-state index contributed by atoms with van der Waals surface area (Å²) in [6.45, 7) is 12.8. The largest absolute Gasteiger partial charge is 0.409 e. The molecule has 0 aliphatic heterocycles. The molecule has 0 amide bonds. The summed E-state index contributed by atoms with van der Waals surface area (Å²) < 4.78 is 6.04. The van der Waals surface area contributed by atoms with Gasteiger partial charge in [0.1, 0.15) is 6.10 Å². The summed E-state index contributed by atoms with van der Waals surface area (Å²) in [7, 11) is -1.25. The number of carbonyl (C=O) groups is 1. The molecule has 0 fully saturated rings. The smallest absolute Gasteiger partial charge is 0.221 e. The lowest BCUT2D eigenvalue weighted by Crippen LogP contribution is -2.39. The standard InChI is InChI=1S/C16H26O2SSi/c1-12(16(2,3)4)14(18-20(5)6)15(17)19-13-10-8-7-9-11-13/h7-12,14,20H,1-6H3. The second-order valence-electron chi connectivity index (χ2n) is 6.49. The highest BCUT2D eigenvalue weighted by Crippen LogP contribution is 2.33. The third-order valence-corrected chi connectivity index (χ3v) is 5.21. The Morgan fingerprint density at radius 1 is 1.20 bits per heavy atom. The molecule has 0 aliphatic rings. The molecule has 0 radical (unpaired) electrons. The van der Waals surface area contributed by atoms with E-state index >= 15 is 0 Å². The van der Waals surface area contributed by atoms with E-state index in [9.17, 15) is 4.79 Å². The van der Waals surface area contributed by atoms with Gasteiger partial charge in [-0.15, -0.1) is 0 Å². The van der Waals surface area contributed by atoms with Crippen molar-refractivity contribution in [2.24, 2.45) is 11.3 Å². The Labute approximate surface area is 129 Å². The van der Waals surface area contributed by atoms with E-state index in [2.05, 4.69) is 40.8 Å². The number of hydrogen-bond donors (Lipinski definition) is 0. The summed E-state index contributed by atoms with van der Waals surface area (Å²) in [5, 5.41) is 0.125. The van der Waals surface area contributed by atoms with Crippen LogP contribution in [0.1, 0.15) is 27.7 Å². The lowest BCUT2D eigenvalue weighted by molar-refractivity contribution is -0.121. The van der Waals surface area contributed by atoms with Crippen molar-refractivity contribution < 1.29 is 9.22 Å². The summed E-state index contributed by atoms with van der Waals surface area (Å²) in [5.41, 5.74) is 0.0564. The van der Waals surface area contributed by atoms with Gasteiger partial charge in [0.15, 0.2) is 9.04 Å². The molecule has 0 heterocycles. The molecule has 0 saturated heterocycles. The number of thioether (sulfide) groups is 1. The molecule has 0 N–H and O–H groups in total. The second kappa shape index (κ2) is 7.43. The zero-order valence-corrected chi connectivity index (χ0v) is 15.3. The Morgan fingerprint density at radius 2 is 1.75 bits per heavy atom. The van der Waals surface area contributed by atoms with Crippen molar-refractivity contribution >= 4 is 25.9 Å². The van der Waals surface area contributed by atoms with E-state index in [4.69, 9.17) is 4.43 Å². The molecule has 4 heteroatoms. The summed E-state index contributed by atoms with van der Waals surface area (Å²) in [4.78, 5) is 13.6. The van der Waals surface area contributed by atoms with Crippen LogP contribution in [0.4, 0.5) is 0 Å². The van der Waals surface area contributed by atoms with Crippen molar-refractivity contribution in [1.29, 1.82) is 0 Å². The highest BCUT2D eigenvalue weighted by atomic mass is 32.2. The van der Waals surface area contributed by atoms with Crippen LogP contribution in [-0.2, 0) is 9.22 Å². The topological polar surface area (TPSA) is 26.3 Å². The van der Waals surface area contributed by atoms with Crippen LogP contribution >= 0.6 is 11.8 Å². The molecule has 0 aliphatic carbocycles. The van der Waals surface area contributed by atoms with Gasteiger partial charge in [0.2, 0.25) is 5.12 Å². The Bertz CT molecular complexity index is 426. The molecule has 112 valence electrons. The molecule has 0 bridgehead atoms. The minimum atomic E-state index is -1.25. The fourth-order valence-electron chi connectivity index (χ4n) is 1.79. The summed E-state index contributed by atoms with van der Waals surface area (Å²) in [6.07, 6.45) is -0.313. The van der Waals surface area contributed by atoms with Gasteiger partial charge in [0, 0.05) is 4.90 Å². The second-order valence-corrected chi connectivity index (χ2v) is 9.94. The lowest BCUT2D eigenvalue weighted by atomic mass is 9.79. The third-order valence-electron chi connectivity index (χ3n) is 3.43. The predicted molar refractivity (Wildman–Crippen MR) is 89.7 cm³/mol. The van der Waals surface area contributed by atoms with Gasteiger partial charge in [0.05, 0.1) is 0 Å². The maximum absolute atomic E-state index is 12.6. The molecular formula is C16H26O2SSi. The maximum atomic E-state index is 12.6. The van der Waals surface area contributed by atoms with Crippen molar-refractivity contribution in [3.05, 3.63) is 30.3 Å². The van der Waals surface area contributed by atoms with E-state index in [0.717, 1.165) is 4.90 Å². The SMILES string of the molecule is CC(C(O[SiH](C)C)C(=O)Sc1ccccc1)C(C)(C)C. The quantitative estimate of drug-likeness (QED) is 0.597. The number of rotatable bonds is 5. The molecule has 20 heavy (non-hydrogen) atoms. The fraction of sp³-hybridized carbons (Fsp3) is 0.562. The van der Waals surface area contributed by atoms with Gasteiger partial charge in [-0.1, -0.05) is 45.9 Å². The van der Waals surface area contributed by atoms with Gasteiger partial charge < -0.3 is 4.43 Å². The van der Waals surface area contributed by atoms with Crippen LogP contribution in [-0.4, -0.2) is 20.3 Å². The predicted octanol–water partition coefficient (Wildman–Crippen LogP) is 4.36. The van der Waals surface area contributed by atoms with E-state index in [-0.39, 0.29) is 22.6 Å². The Balaban J connectivity index is 2.85. The summed E-state index contributed by atoms with van der Waals surface area (Å²) in [5.74, 6) is 0.195. The molecule has 2 unspecified atom stereocenters. The van der Waals surface area contributed by atoms with Crippen molar-refractivity contribution in [3.63, 3.8) is 0 Å². The van der Waals surface area contributed by atoms with Gasteiger partial charge in [-0.25, -0.2) is 0 Å². The van der Waals surface area contributed by atoms with Crippen LogP contribution < -0.4 is 0 Å². The molecule has 1 rings (SSSR count). The first-order valence-electron chi connectivity index (χ1n) is 7.14. The third kappa shape index (κ3) is 5.42. The Kier molecular flexibility index (Phi) is 6.49. The van der Waals surface area contributed by atoms with E-state index in [1.54, 1.807) is 0 Å². The van der Waals surface area contributed by atoms with Crippen molar-refractivity contribution in [2.45, 2.75) is 51.8 Å². The van der Waals surface area contributed by atoms with Gasteiger partial charge in [-0.2, -0.15) is 0 Å². The number of benzene rings is 1. The lowest BCUT2D eigenvalue weighted by Gasteiger charge is -2.34. The Hall–Kier alpha value is -0.583. The van der Waals surface area contributed by atoms with Crippen LogP contribution in [0.25, 0.3) is 0 Å². The molecule has 0 aromatic heterocycles. The van der Waals surface area contributed by atoms with Gasteiger partial charge in [-0.05, 0) is 48.3 Å². The van der Waals surface area contributed by atoms with Gasteiger partial charge in [0.25, 0.3) is 0 Å². The zero-order chi connectivity index (χ0) is 15.3. The minimum absolute atomic E-state index is 0.0564. The van der Waals surface area contributed by atoms with Crippen LogP contribution in [0, 0.1) is 11.3 Å². The van der Waals surface area contributed by atoms with Crippen molar-refractivity contribution in [1.82, 2.24) is 0 Å². The van der Waals surface area contributed by atoms with Crippen LogP contribution in [0.15, 0.2) is 35.2 Å². The Morgan fingerprint density at radius 3 is 2.20 bits per heavy atom. The summed E-state index contributed by atoms with van der Waals surface area (Å²) >= 11 is 1.30. The molecule has 2 nitrogen and oxygen atoms in total. The van der Waals surface area contributed by atoms with E-state index in [0.29, 0.717) is 0 Å². The highest BCUT2D eigenvalue weighted by Gasteiger charge is 2.34. The first-order valence-corrected chi connectivity index (χ1v) is 10.7. The fourth-order valence-corrected chi connectivity index (χ4v) is 3.73. The first-order chi connectivity index (χ1) is 9.21. The van der Waals surface area contributed by atoms with Gasteiger partial charge in [-0.3, -0.25) is 4.79 Å². The molecule has 2 atom stereocenters. The monoisotopic (exact) mass is 310 g/mol. The molecule has 1 aromatic rings. The van der Waals surface area contributed by atoms with E-state index in [1.165, 1.54) is 11.8 Å². The molecular weight excluding hydrogens is 284 g/mol. The maximum Gasteiger partial charge on any atom is 0.221 e. The molecule has 1 aromatic carbocycles.